The number of nitrogens with zero attached hydrogens (tertiary/aromatic N) is 2. The number of aliphatic imine (C=N–C) groups is 2. The molecule has 1 amide bonds. The van der Waals surface area contributed by atoms with Crippen LogP contribution in [0.2, 0.25) is 0 Å². The van der Waals surface area contributed by atoms with Gasteiger partial charge in [-0.1, -0.05) is 32.9 Å². The number of rotatable bonds is 11. The zero-order valence-electron chi connectivity index (χ0n) is 22.1. The Morgan fingerprint density at radius 1 is 1.27 bits per heavy atom. The Balaban J connectivity index is 1.37. The van der Waals surface area contributed by atoms with E-state index in [4.69, 9.17) is 18.9 Å². The summed E-state index contributed by atoms with van der Waals surface area (Å²) < 4.78 is 22.6. The summed E-state index contributed by atoms with van der Waals surface area (Å²) in [5.41, 5.74) is 1.27. The summed E-state index contributed by atoms with van der Waals surface area (Å²) in [6, 6.07) is 7.80. The van der Waals surface area contributed by atoms with E-state index in [1.165, 1.54) is 0 Å². The highest BCUT2D eigenvalue weighted by molar-refractivity contribution is 8.14. The number of carbonyl (C=O) groups excluding carboxylic acids is 1. The topological polar surface area (TPSA) is 111 Å². The molecule has 2 saturated heterocycles. The lowest BCUT2D eigenvalue weighted by Crippen LogP contribution is -2.36. The normalized spacial score (nSPS) is 28.3. The second-order valence-corrected chi connectivity index (χ2v) is 11.9. The van der Waals surface area contributed by atoms with Gasteiger partial charge in [-0.05, 0) is 43.5 Å². The maximum Gasteiger partial charge on any atom is 0.433 e. The van der Waals surface area contributed by atoms with Crippen LogP contribution in [0.5, 0.6) is 5.75 Å². The molecule has 0 aromatic heterocycles. The van der Waals surface area contributed by atoms with Gasteiger partial charge in [0.2, 0.25) is 0 Å². The van der Waals surface area contributed by atoms with Crippen LogP contribution in [-0.2, 0) is 20.6 Å². The van der Waals surface area contributed by atoms with Crippen molar-refractivity contribution in [1.29, 1.82) is 0 Å². The minimum absolute atomic E-state index is 0.0354. The van der Waals surface area contributed by atoms with E-state index in [0.717, 1.165) is 29.3 Å². The van der Waals surface area contributed by atoms with Gasteiger partial charge in [0.25, 0.3) is 0 Å². The SMILES string of the molecule is CC1=NC(COc2ccc(C/C(=N\C(=O)O[C@H]3COC4OCCC43)C(O)CNCC(C)C)cc2)C(C)S1. The minimum atomic E-state index is -0.924. The first kappa shape index (κ1) is 28.0. The number of hydrogen-bond donors (Lipinski definition) is 2. The second kappa shape index (κ2) is 13.2. The van der Waals surface area contributed by atoms with Crippen LogP contribution in [0.3, 0.4) is 0 Å². The number of amides is 1. The van der Waals surface area contributed by atoms with Crippen LogP contribution in [0.4, 0.5) is 4.79 Å². The number of aliphatic hydroxyl groups excluding tert-OH is 1. The third-order valence-electron chi connectivity index (χ3n) is 6.72. The monoisotopic (exact) mass is 533 g/mol. The van der Waals surface area contributed by atoms with E-state index in [1.807, 2.05) is 31.2 Å². The molecule has 0 aliphatic carbocycles. The molecule has 2 fully saturated rings. The maximum absolute atomic E-state index is 12.7. The minimum Gasteiger partial charge on any atom is -0.491 e. The fraction of sp³-hybridized carbons (Fsp3) is 0.667. The highest BCUT2D eigenvalue weighted by Gasteiger charge is 2.44. The lowest BCUT2D eigenvalue weighted by Gasteiger charge is -2.18. The molecule has 37 heavy (non-hydrogen) atoms. The molecule has 3 aliphatic heterocycles. The summed E-state index contributed by atoms with van der Waals surface area (Å²) in [7, 11) is 0. The Morgan fingerprint density at radius 2 is 2.05 bits per heavy atom. The van der Waals surface area contributed by atoms with Gasteiger partial charge in [0.15, 0.2) is 6.29 Å². The van der Waals surface area contributed by atoms with E-state index >= 15 is 0 Å². The van der Waals surface area contributed by atoms with Crippen LogP contribution in [0.25, 0.3) is 0 Å². The molecule has 3 heterocycles. The lowest BCUT2D eigenvalue weighted by molar-refractivity contribution is -0.0907. The Bertz CT molecular complexity index is 969. The molecule has 0 bridgehead atoms. The van der Waals surface area contributed by atoms with Gasteiger partial charge in [0, 0.05) is 18.2 Å². The molecule has 1 aromatic carbocycles. The van der Waals surface area contributed by atoms with Gasteiger partial charge >= 0.3 is 6.09 Å². The van der Waals surface area contributed by atoms with Gasteiger partial charge in [0.05, 0.1) is 35.9 Å². The number of hydrogen-bond acceptors (Lipinski definition) is 9. The number of carbonyl (C=O) groups is 1. The van der Waals surface area contributed by atoms with Crippen molar-refractivity contribution in [3.8, 4) is 5.75 Å². The van der Waals surface area contributed by atoms with Crippen LogP contribution < -0.4 is 10.1 Å². The van der Waals surface area contributed by atoms with Crippen molar-refractivity contribution in [3.05, 3.63) is 29.8 Å². The van der Waals surface area contributed by atoms with Crippen molar-refractivity contribution in [2.75, 3.05) is 32.9 Å². The fourth-order valence-electron chi connectivity index (χ4n) is 4.66. The summed E-state index contributed by atoms with van der Waals surface area (Å²) in [5.74, 6) is 1.23. The number of ether oxygens (including phenoxy) is 4. The molecule has 10 heteroatoms. The molecule has 0 saturated carbocycles. The first-order valence-corrected chi connectivity index (χ1v) is 14.0. The van der Waals surface area contributed by atoms with Gasteiger partial charge in [-0.2, -0.15) is 4.99 Å². The van der Waals surface area contributed by atoms with Crippen molar-refractivity contribution >= 4 is 28.6 Å². The van der Waals surface area contributed by atoms with Crippen LogP contribution in [0.15, 0.2) is 34.3 Å². The standard InChI is InChI=1S/C27H39N3O6S/c1-16(2)12-28-13-24(31)22(30-27(32)36-25-15-35-26-21(25)9-10-33-26)11-19-5-7-20(8-6-19)34-14-23-17(3)37-18(4)29-23/h5-8,16-17,21,23-26,28,31H,9-15H2,1-4H3/b30-22+/t17?,21?,23?,24?,25-,26?/m0/s1. The summed E-state index contributed by atoms with van der Waals surface area (Å²) in [6.07, 6.45) is -1.22. The van der Waals surface area contributed by atoms with Gasteiger partial charge in [-0.15, -0.1) is 11.8 Å². The van der Waals surface area contributed by atoms with Crippen LogP contribution in [0, 0.1) is 11.8 Å². The Morgan fingerprint density at radius 3 is 2.76 bits per heavy atom. The number of nitrogens with one attached hydrogen (secondary N) is 1. The van der Waals surface area contributed by atoms with Gasteiger partial charge in [-0.3, -0.25) is 4.99 Å². The molecule has 3 aliphatic rings. The van der Waals surface area contributed by atoms with E-state index in [-0.39, 0.29) is 24.4 Å². The maximum atomic E-state index is 12.7. The lowest BCUT2D eigenvalue weighted by atomic mass is 10.0. The van der Waals surface area contributed by atoms with E-state index in [0.29, 0.717) is 49.7 Å². The van der Waals surface area contributed by atoms with Gasteiger partial charge < -0.3 is 29.4 Å². The van der Waals surface area contributed by atoms with E-state index in [1.54, 1.807) is 11.8 Å². The Kier molecular flexibility index (Phi) is 10.00. The largest absolute Gasteiger partial charge is 0.491 e. The third kappa shape index (κ3) is 8.00. The average molecular weight is 534 g/mol. The average Bonchev–Trinajstić information content (AvgIpc) is 3.55. The number of aliphatic hydroxyl groups is 1. The Hall–Kier alpha value is -1.98. The van der Waals surface area contributed by atoms with E-state index in [9.17, 15) is 9.90 Å². The molecule has 204 valence electrons. The number of benzene rings is 1. The first-order valence-electron chi connectivity index (χ1n) is 13.1. The second-order valence-electron chi connectivity index (χ2n) is 10.3. The quantitative estimate of drug-likeness (QED) is 0.416. The zero-order valence-corrected chi connectivity index (χ0v) is 22.9. The molecule has 5 unspecified atom stereocenters. The molecule has 0 spiro atoms. The van der Waals surface area contributed by atoms with Crippen molar-refractivity contribution in [3.63, 3.8) is 0 Å². The molecular weight excluding hydrogens is 494 g/mol. The van der Waals surface area contributed by atoms with Crippen molar-refractivity contribution < 1.29 is 28.8 Å². The molecule has 9 nitrogen and oxygen atoms in total. The van der Waals surface area contributed by atoms with Crippen molar-refractivity contribution in [1.82, 2.24) is 5.32 Å². The summed E-state index contributed by atoms with van der Waals surface area (Å²) in [4.78, 5) is 21.5. The predicted molar refractivity (Wildman–Crippen MR) is 145 cm³/mol. The van der Waals surface area contributed by atoms with Gasteiger partial charge in [0.1, 0.15) is 24.6 Å². The van der Waals surface area contributed by atoms with Crippen molar-refractivity contribution in [2.45, 2.75) is 70.3 Å². The molecule has 0 radical (unpaired) electrons. The fourth-order valence-corrected chi connectivity index (χ4v) is 5.69. The highest BCUT2D eigenvalue weighted by Crippen LogP contribution is 2.33. The first-order chi connectivity index (χ1) is 17.8. The van der Waals surface area contributed by atoms with E-state index < -0.39 is 12.2 Å². The molecule has 6 atom stereocenters. The number of thioether (sulfide) groups is 1. The highest BCUT2D eigenvalue weighted by atomic mass is 32.2. The molecule has 2 N–H and O–H groups in total. The third-order valence-corrected chi connectivity index (χ3v) is 7.85. The zero-order chi connectivity index (χ0) is 26.4. The van der Waals surface area contributed by atoms with Crippen LogP contribution >= 0.6 is 11.8 Å². The van der Waals surface area contributed by atoms with Gasteiger partial charge in [-0.25, -0.2) is 4.79 Å². The summed E-state index contributed by atoms with van der Waals surface area (Å²) in [6.45, 7) is 10.9. The summed E-state index contributed by atoms with van der Waals surface area (Å²) in [5, 5.41) is 15.6. The Labute approximate surface area is 223 Å². The molecular formula is C27H39N3O6S. The molecule has 1 aromatic rings. The molecule has 4 rings (SSSR count). The smallest absolute Gasteiger partial charge is 0.433 e. The predicted octanol–water partition coefficient (Wildman–Crippen LogP) is 3.48. The van der Waals surface area contributed by atoms with Crippen LogP contribution in [0.1, 0.15) is 39.7 Å². The van der Waals surface area contributed by atoms with Crippen molar-refractivity contribution in [2.24, 2.45) is 21.8 Å². The number of fused-ring (bicyclic) bond motifs is 1. The van der Waals surface area contributed by atoms with E-state index in [2.05, 4.69) is 36.1 Å². The van der Waals surface area contributed by atoms with Crippen LogP contribution in [-0.4, -0.2) is 84.7 Å². The summed E-state index contributed by atoms with van der Waals surface area (Å²) >= 11 is 1.78.